The Morgan fingerprint density at radius 3 is 2.25 bits per heavy atom. The summed E-state index contributed by atoms with van der Waals surface area (Å²) >= 11 is 0. The van der Waals surface area contributed by atoms with Crippen LogP contribution in [0.15, 0.2) is 0 Å². The molecule has 0 bridgehead atoms. The summed E-state index contributed by atoms with van der Waals surface area (Å²) in [5.41, 5.74) is -0.372. The molecule has 24 heavy (non-hydrogen) atoms. The maximum absolute atomic E-state index is 13.3. The van der Waals surface area contributed by atoms with E-state index in [0.29, 0.717) is 18.6 Å². The molecule has 0 radical (unpaired) electrons. The molecule has 1 unspecified atom stereocenters. The molecule has 0 saturated heterocycles. The van der Waals surface area contributed by atoms with Crippen molar-refractivity contribution in [1.29, 1.82) is 0 Å². The monoisotopic (exact) mass is 352 g/mol. The Morgan fingerprint density at radius 1 is 1.04 bits per heavy atom. The Hall–Kier alpha value is -0.483. The molecule has 2 fully saturated rings. The Labute approximate surface area is 149 Å². The first-order chi connectivity index (χ1) is 10.9. The highest BCUT2D eigenvalue weighted by Gasteiger charge is 2.49. The molecule has 4 heteroatoms. The number of fused-ring (bicyclic) bond motifs is 1. The molecular weight excluding hydrogens is 316 g/mol. The van der Waals surface area contributed by atoms with Gasteiger partial charge in [0.15, 0.2) is 14.1 Å². The van der Waals surface area contributed by atoms with Crippen LogP contribution in [0, 0.1) is 17.3 Å². The largest absolute Gasteiger partial charge is 0.407 e. The zero-order chi connectivity index (χ0) is 18.3. The summed E-state index contributed by atoms with van der Waals surface area (Å²) in [4.78, 5) is 26.0. The standard InChI is InChI=1S/C20H36O3Si/c1-19(2,3)24(6,7)23-16-12-9-13-17(21)20(4,5)15-11-8-10-14(15)18(16)22/h14-16H,8-13H2,1-7H3/t14-,15+,16?/m1/s1. The molecule has 2 aliphatic carbocycles. The van der Waals surface area contributed by atoms with Gasteiger partial charge in [0.25, 0.3) is 0 Å². The van der Waals surface area contributed by atoms with Crippen molar-refractivity contribution in [3.63, 3.8) is 0 Å². The van der Waals surface area contributed by atoms with Crippen molar-refractivity contribution in [2.45, 2.75) is 97.4 Å². The lowest BCUT2D eigenvalue weighted by Crippen LogP contribution is -2.48. The summed E-state index contributed by atoms with van der Waals surface area (Å²) in [6, 6.07) is 0. The third-order valence-electron chi connectivity index (χ3n) is 6.96. The van der Waals surface area contributed by atoms with E-state index in [-0.39, 0.29) is 34.2 Å². The van der Waals surface area contributed by atoms with Crippen LogP contribution in [0.25, 0.3) is 0 Å². The number of hydrogen-bond acceptors (Lipinski definition) is 3. The molecule has 3 nitrogen and oxygen atoms in total. The number of hydrogen-bond donors (Lipinski definition) is 0. The van der Waals surface area contributed by atoms with Gasteiger partial charge in [-0.1, -0.05) is 41.0 Å². The summed E-state index contributed by atoms with van der Waals surface area (Å²) < 4.78 is 6.54. The molecule has 2 saturated carbocycles. The van der Waals surface area contributed by atoms with Crippen molar-refractivity contribution in [3.05, 3.63) is 0 Å². The second-order valence-corrected chi connectivity index (χ2v) is 14.7. The zero-order valence-corrected chi connectivity index (χ0v) is 17.7. The van der Waals surface area contributed by atoms with Crippen LogP contribution in [0.4, 0.5) is 0 Å². The van der Waals surface area contributed by atoms with Gasteiger partial charge in [-0.3, -0.25) is 9.59 Å². The van der Waals surface area contributed by atoms with Crippen LogP contribution in [0.3, 0.4) is 0 Å². The minimum absolute atomic E-state index is 0.0109. The van der Waals surface area contributed by atoms with Gasteiger partial charge >= 0.3 is 0 Å². The lowest BCUT2D eigenvalue weighted by molar-refractivity contribution is -0.135. The zero-order valence-electron chi connectivity index (χ0n) is 16.7. The van der Waals surface area contributed by atoms with E-state index in [1.54, 1.807) is 0 Å². The quantitative estimate of drug-likeness (QED) is 0.646. The number of carbonyl (C=O) groups is 2. The van der Waals surface area contributed by atoms with Crippen LogP contribution in [0.2, 0.25) is 18.1 Å². The number of ketones is 2. The minimum atomic E-state index is -1.99. The first kappa shape index (κ1) is 19.8. The van der Waals surface area contributed by atoms with E-state index in [1.807, 2.05) is 0 Å². The summed E-state index contributed by atoms with van der Waals surface area (Å²) in [6.07, 6.45) is 4.74. The minimum Gasteiger partial charge on any atom is -0.407 e. The van der Waals surface area contributed by atoms with Crippen molar-refractivity contribution in [2.75, 3.05) is 0 Å². The van der Waals surface area contributed by atoms with Crippen molar-refractivity contribution >= 4 is 19.9 Å². The fourth-order valence-electron chi connectivity index (χ4n) is 4.17. The molecule has 0 spiro atoms. The third kappa shape index (κ3) is 3.69. The molecule has 0 aromatic carbocycles. The van der Waals surface area contributed by atoms with Crippen molar-refractivity contribution < 1.29 is 14.0 Å². The molecular formula is C20H36O3Si. The van der Waals surface area contributed by atoms with Crippen molar-refractivity contribution in [1.82, 2.24) is 0 Å². The highest BCUT2D eigenvalue weighted by atomic mass is 28.4. The smallest absolute Gasteiger partial charge is 0.193 e. The molecule has 0 aliphatic heterocycles. The van der Waals surface area contributed by atoms with Gasteiger partial charge < -0.3 is 4.43 Å². The maximum atomic E-state index is 13.3. The van der Waals surface area contributed by atoms with Crippen LogP contribution < -0.4 is 0 Å². The molecule has 0 aromatic heterocycles. The van der Waals surface area contributed by atoms with Gasteiger partial charge in [-0.25, -0.2) is 0 Å². The van der Waals surface area contributed by atoms with Gasteiger partial charge in [-0.15, -0.1) is 0 Å². The Kier molecular flexibility index (Phi) is 5.52. The lowest BCUT2D eigenvalue weighted by Gasteiger charge is -2.40. The normalized spacial score (nSPS) is 32.0. The van der Waals surface area contributed by atoms with Gasteiger partial charge in [-0.05, 0) is 49.7 Å². The lowest BCUT2D eigenvalue weighted by atomic mass is 9.69. The van der Waals surface area contributed by atoms with Gasteiger partial charge in [0, 0.05) is 17.8 Å². The fraction of sp³-hybridized carbons (Fsp3) is 0.900. The van der Waals surface area contributed by atoms with Crippen molar-refractivity contribution in [2.24, 2.45) is 17.3 Å². The summed E-state index contributed by atoms with van der Waals surface area (Å²) in [5.74, 6) is 0.822. The number of carbonyl (C=O) groups excluding carboxylic acids is 2. The Balaban J connectivity index is 2.29. The summed E-state index contributed by atoms with van der Waals surface area (Å²) in [7, 11) is -1.99. The summed E-state index contributed by atoms with van der Waals surface area (Å²) in [6.45, 7) is 15.2. The Bertz CT molecular complexity index is 502. The van der Waals surface area contributed by atoms with E-state index in [9.17, 15) is 9.59 Å². The van der Waals surface area contributed by atoms with Crippen LogP contribution in [0.5, 0.6) is 0 Å². The van der Waals surface area contributed by atoms with Gasteiger partial charge in [0.2, 0.25) is 0 Å². The predicted molar refractivity (Wildman–Crippen MR) is 101 cm³/mol. The second-order valence-electron chi connectivity index (χ2n) is 9.95. The van der Waals surface area contributed by atoms with Gasteiger partial charge in [-0.2, -0.15) is 0 Å². The van der Waals surface area contributed by atoms with Crippen molar-refractivity contribution in [3.8, 4) is 0 Å². The van der Waals surface area contributed by atoms with Crippen LogP contribution in [-0.4, -0.2) is 26.0 Å². The highest BCUT2D eigenvalue weighted by Crippen LogP contribution is 2.47. The van der Waals surface area contributed by atoms with E-state index in [4.69, 9.17) is 4.43 Å². The fourth-order valence-corrected chi connectivity index (χ4v) is 5.47. The van der Waals surface area contributed by atoms with E-state index in [1.165, 1.54) is 0 Å². The van der Waals surface area contributed by atoms with Crippen LogP contribution in [0.1, 0.15) is 73.1 Å². The average Bonchev–Trinajstić information content (AvgIpc) is 2.93. The Morgan fingerprint density at radius 2 is 1.67 bits per heavy atom. The number of rotatable bonds is 2. The summed E-state index contributed by atoms with van der Waals surface area (Å²) in [5, 5.41) is 0.0931. The van der Waals surface area contributed by atoms with Crippen LogP contribution >= 0.6 is 0 Å². The first-order valence-corrected chi connectivity index (χ1v) is 12.5. The third-order valence-corrected chi connectivity index (χ3v) is 11.4. The number of Topliss-reactive ketones (excluding diaryl/α,β-unsaturated/α-hetero) is 2. The molecule has 2 rings (SSSR count). The predicted octanol–water partition coefficient (Wildman–Crippen LogP) is 5.14. The van der Waals surface area contributed by atoms with E-state index >= 15 is 0 Å². The highest BCUT2D eigenvalue weighted by molar-refractivity contribution is 6.74. The maximum Gasteiger partial charge on any atom is 0.193 e. The van der Waals surface area contributed by atoms with Crippen LogP contribution in [-0.2, 0) is 14.0 Å². The molecule has 138 valence electrons. The second kappa shape index (κ2) is 6.68. The molecule has 0 aromatic rings. The first-order valence-electron chi connectivity index (χ1n) is 9.63. The van der Waals surface area contributed by atoms with E-state index < -0.39 is 8.32 Å². The van der Waals surface area contributed by atoms with E-state index in [0.717, 1.165) is 25.7 Å². The molecule has 3 atom stereocenters. The topological polar surface area (TPSA) is 43.4 Å². The average molecular weight is 353 g/mol. The SMILES string of the molecule is CC1(C)C(=O)CCCC(O[Si](C)(C)C(C)(C)C)C(=O)[C@@H]2CCC[C@@H]21. The molecule has 0 N–H and O–H groups in total. The molecule has 0 heterocycles. The van der Waals surface area contributed by atoms with Gasteiger partial charge in [0.05, 0.1) is 0 Å². The van der Waals surface area contributed by atoms with Gasteiger partial charge in [0.1, 0.15) is 11.9 Å². The van der Waals surface area contributed by atoms with E-state index in [2.05, 4.69) is 47.7 Å². The molecule has 0 amide bonds. The molecule has 2 aliphatic rings.